The van der Waals surface area contributed by atoms with Crippen LogP contribution in [0.3, 0.4) is 0 Å². The molecule has 144 valence electrons. The van der Waals surface area contributed by atoms with E-state index in [-0.39, 0.29) is 16.6 Å². The van der Waals surface area contributed by atoms with Gasteiger partial charge in [0.05, 0.1) is 13.2 Å². The third kappa shape index (κ3) is 2.84. The molecule has 0 unspecified atom stereocenters. The molecule has 0 spiro atoms. The fourth-order valence-electron chi connectivity index (χ4n) is 3.72. The van der Waals surface area contributed by atoms with E-state index in [0.717, 1.165) is 6.42 Å². The van der Waals surface area contributed by atoms with Gasteiger partial charge in [-0.25, -0.2) is 19.3 Å². The van der Waals surface area contributed by atoms with Crippen LogP contribution < -0.4 is 10.5 Å². The van der Waals surface area contributed by atoms with E-state index in [2.05, 4.69) is 15.0 Å². The van der Waals surface area contributed by atoms with Gasteiger partial charge in [0, 0.05) is 36.6 Å². The molecular formula is C19H17ClFN5O2. The largest absolute Gasteiger partial charge is 0.378 e. The quantitative estimate of drug-likeness (QED) is 0.656. The molecule has 0 aliphatic carbocycles. The first kappa shape index (κ1) is 17.5. The number of halogens is 2. The highest BCUT2D eigenvalue weighted by Gasteiger charge is 2.24. The number of hydrogen-bond acceptors (Lipinski definition) is 6. The van der Waals surface area contributed by atoms with Crippen molar-refractivity contribution in [2.75, 3.05) is 31.2 Å². The van der Waals surface area contributed by atoms with Crippen molar-refractivity contribution in [2.24, 2.45) is 0 Å². The summed E-state index contributed by atoms with van der Waals surface area (Å²) in [6.45, 7) is 2.93. The van der Waals surface area contributed by atoms with Crippen LogP contribution in [0.2, 0.25) is 5.02 Å². The van der Waals surface area contributed by atoms with Crippen molar-refractivity contribution < 1.29 is 9.13 Å². The van der Waals surface area contributed by atoms with Crippen molar-refractivity contribution >= 4 is 28.6 Å². The first-order valence-corrected chi connectivity index (χ1v) is 9.59. The molecule has 1 saturated heterocycles. The van der Waals surface area contributed by atoms with Gasteiger partial charge >= 0.3 is 0 Å². The first-order valence-electron chi connectivity index (χ1n) is 9.21. The smallest absolute Gasteiger partial charge is 0.280 e. The summed E-state index contributed by atoms with van der Waals surface area (Å²) in [7, 11) is 0. The van der Waals surface area contributed by atoms with Crippen molar-refractivity contribution in [3.8, 4) is 11.3 Å². The molecule has 0 N–H and O–H groups in total. The van der Waals surface area contributed by atoms with E-state index >= 15 is 0 Å². The monoisotopic (exact) mass is 401 g/mol. The van der Waals surface area contributed by atoms with Gasteiger partial charge in [-0.1, -0.05) is 11.6 Å². The van der Waals surface area contributed by atoms with E-state index in [4.69, 9.17) is 16.3 Å². The Hall–Kier alpha value is -2.58. The van der Waals surface area contributed by atoms with Gasteiger partial charge in [-0.3, -0.25) is 9.36 Å². The zero-order valence-corrected chi connectivity index (χ0v) is 15.7. The third-order valence-corrected chi connectivity index (χ3v) is 5.37. The molecule has 1 aromatic carbocycles. The molecule has 4 heterocycles. The summed E-state index contributed by atoms with van der Waals surface area (Å²) in [5.41, 5.74) is 0.905. The van der Waals surface area contributed by atoms with Crippen LogP contribution in [0.1, 0.15) is 12.2 Å². The summed E-state index contributed by atoms with van der Waals surface area (Å²) in [5, 5.41) is 0.293. The molecule has 2 aromatic heterocycles. The van der Waals surface area contributed by atoms with Crippen molar-refractivity contribution in [3.05, 3.63) is 45.2 Å². The first-order chi connectivity index (χ1) is 13.6. The predicted octanol–water partition coefficient (Wildman–Crippen LogP) is 2.43. The molecule has 9 heteroatoms. The van der Waals surface area contributed by atoms with Crippen LogP contribution in [0, 0.1) is 5.82 Å². The molecule has 0 radical (unpaired) electrons. The molecule has 3 aromatic rings. The Morgan fingerprint density at radius 3 is 2.68 bits per heavy atom. The van der Waals surface area contributed by atoms with Gasteiger partial charge in [0.1, 0.15) is 22.9 Å². The Labute approximate surface area is 164 Å². The van der Waals surface area contributed by atoms with Gasteiger partial charge in [-0.2, -0.15) is 0 Å². The SMILES string of the molecule is O=c1c2nc(N3CCOCC3)nc(-c3ccc(Cl)cc3F)c2nc2n1CCC2. The van der Waals surface area contributed by atoms with E-state index in [1.165, 1.54) is 6.07 Å². The van der Waals surface area contributed by atoms with Crippen LogP contribution in [0.25, 0.3) is 22.3 Å². The highest BCUT2D eigenvalue weighted by atomic mass is 35.5. The van der Waals surface area contributed by atoms with Crippen LogP contribution >= 0.6 is 11.6 Å². The van der Waals surface area contributed by atoms with Gasteiger partial charge in [0.15, 0.2) is 5.52 Å². The summed E-state index contributed by atoms with van der Waals surface area (Å²) in [6.07, 6.45) is 1.56. The number of fused-ring (bicyclic) bond motifs is 2. The predicted molar refractivity (Wildman–Crippen MR) is 103 cm³/mol. The lowest BCUT2D eigenvalue weighted by Crippen LogP contribution is -2.37. The van der Waals surface area contributed by atoms with Crippen molar-refractivity contribution in [1.29, 1.82) is 0 Å². The molecule has 2 aliphatic rings. The number of aromatic nitrogens is 4. The third-order valence-electron chi connectivity index (χ3n) is 5.13. The summed E-state index contributed by atoms with van der Waals surface area (Å²) in [4.78, 5) is 28.8. The lowest BCUT2D eigenvalue weighted by molar-refractivity contribution is 0.122. The van der Waals surface area contributed by atoms with E-state index in [1.807, 2.05) is 4.90 Å². The summed E-state index contributed by atoms with van der Waals surface area (Å²) in [5.74, 6) is 0.566. The van der Waals surface area contributed by atoms with Crippen LogP contribution in [0.15, 0.2) is 23.0 Å². The minimum atomic E-state index is -0.511. The molecule has 1 fully saturated rings. The van der Waals surface area contributed by atoms with E-state index in [0.29, 0.717) is 67.3 Å². The van der Waals surface area contributed by atoms with Gasteiger partial charge in [0.2, 0.25) is 5.95 Å². The number of nitrogens with zero attached hydrogens (tertiary/aromatic N) is 5. The van der Waals surface area contributed by atoms with Crippen molar-refractivity contribution in [3.63, 3.8) is 0 Å². The number of anilines is 1. The van der Waals surface area contributed by atoms with E-state index in [1.54, 1.807) is 16.7 Å². The second kappa shape index (κ2) is 6.79. The van der Waals surface area contributed by atoms with Crippen molar-refractivity contribution in [2.45, 2.75) is 19.4 Å². The molecule has 0 amide bonds. The van der Waals surface area contributed by atoms with Gasteiger partial charge in [0.25, 0.3) is 5.56 Å². The zero-order chi connectivity index (χ0) is 19.3. The number of benzene rings is 1. The van der Waals surface area contributed by atoms with E-state index in [9.17, 15) is 9.18 Å². The highest BCUT2D eigenvalue weighted by molar-refractivity contribution is 6.30. The average molecular weight is 402 g/mol. The van der Waals surface area contributed by atoms with Crippen LogP contribution in [0.4, 0.5) is 10.3 Å². The summed E-state index contributed by atoms with van der Waals surface area (Å²) in [6, 6.07) is 4.40. The summed E-state index contributed by atoms with van der Waals surface area (Å²) < 4.78 is 21.8. The molecular weight excluding hydrogens is 385 g/mol. The topological polar surface area (TPSA) is 73.1 Å². The number of ether oxygens (including phenoxy) is 1. The maximum atomic E-state index is 14.7. The van der Waals surface area contributed by atoms with E-state index < -0.39 is 5.82 Å². The maximum Gasteiger partial charge on any atom is 0.280 e. The Bertz CT molecular complexity index is 1140. The molecule has 28 heavy (non-hydrogen) atoms. The van der Waals surface area contributed by atoms with Crippen LogP contribution in [0.5, 0.6) is 0 Å². The molecule has 0 atom stereocenters. The Morgan fingerprint density at radius 1 is 1.07 bits per heavy atom. The zero-order valence-electron chi connectivity index (χ0n) is 15.0. The summed E-state index contributed by atoms with van der Waals surface area (Å²) >= 11 is 5.91. The lowest BCUT2D eigenvalue weighted by atomic mass is 10.1. The number of hydrogen-bond donors (Lipinski definition) is 0. The average Bonchev–Trinajstić information content (AvgIpc) is 3.18. The molecule has 2 aliphatic heterocycles. The molecule has 7 nitrogen and oxygen atoms in total. The minimum absolute atomic E-state index is 0.204. The van der Waals surface area contributed by atoms with Crippen LogP contribution in [-0.2, 0) is 17.7 Å². The lowest BCUT2D eigenvalue weighted by Gasteiger charge is -2.27. The van der Waals surface area contributed by atoms with Gasteiger partial charge < -0.3 is 9.64 Å². The number of rotatable bonds is 2. The number of aryl methyl sites for hydroxylation is 1. The van der Waals surface area contributed by atoms with Crippen LogP contribution in [-0.4, -0.2) is 45.8 Å². The standard InChI is InChI=1S/C19H17ClFN5O2/c20-11-3-4-12(13(21)10-11)15-16-17(18(27)26-5-1-2-14(26)22-16)24-19(23-15)25-6-8-28-9-7-25/h3-4,10H,1-2,5-9H2. The van der Waals surface area contributed by atoms with Gasteiger partial charge in [-0.15, -0.1) is 0 Å². The Kier molecular flexibility index (Phi) is 4.25. The second-order valence-electron chi connectivity index (χ2n) is 6.88. The molecule has 5 rings (SSSR count). The normalized spacial score (nSPS) is 16.6. The van der Waals surface area contributed by atoms with Gasteiger partial charge in [-0.05, 0) is 24.6 Å². The number of morpholine rings is 1. The van der Waals surface area contributed by atoms with Crippen molar-refractivity contribution in [1.82, 2.24) is 19.5 Å². The highest BCUT2D eigenvalue weighted by Crippen LogP contribution is 2.30. The fourth-order valence-corrected chi connectivity index (χ4v) is 3.88. The Balaban J connectivity index is 1.81. The second-order valence-corrected chi connectivity index (χ2v) is 7.32. The molecule has 0 bridgehead atoms. The minimum Gasteiger partial charge on any atom is -0.378 e. The molecule has 0 saturated carbocycles. The Morgan fingerprint density at radius 2 is 1.89 bits per heavy atom. The maximum absolute atomic E-state index is 14.7. The fraction of sp³-hybridized carbons (Fsp3) is 0.368.